The number of amides is 2. The van der Waals surface area contributed by atoms with Crippen LogP contribution in [0.3, 0.4) is 0 Å². The number of benzene rings is 1. The van der Waals surface area contributed by atoms with E-state index in [9.17, 15) is 9.59 Å². The molecule has 3 fully saturated rings. The van der Waals surface area contributed by atoms with E-state index in [-0.39, 0.29) is 5.91 Å². The molecule has 1 atom stereocenters. The lowest BCUT2D eigenvalue weighted by atomic mass is 9.96. The van der Waals surface area contributed by atoms with Crippen molar-refractivity contribution >= 4 is 12.0 Å². The van der Waals surface area contributed by atoms with Crippen LogP contribution in [0, 0.1) is 0 Å². The predicted molar refractivity (Wildman–Crippen MR) is 146 cm³/mol. The van der Waals surface area contributed by atoms with E-state index >= 15 is 0 Å². The number of nitrogens with one attached hydrogen (secondary N) is 1. The normalized spacial score (nSPS) is 21.5. The zero-order valence-corrected chi connectivity index (χ0v) is 23.2. The highest BCUT2D eigenvalue weighted by Gasteiger charge is 2.32. The molecule has 8 heteroatoms. The average molecular weight is 514 g/mol. The van der Waals surface area contributed by atoms with Crippen molar-refractivity contribution in [3.05, 3.63) is 34.9 Å². The lowest BCUT2D eigenvalue weighted by Crippen LogP contribution is -2.58. The third kappa shape index (κ3) is 7.68. The molecule has 3 aliphatic rings. The van der Waals surface area contributed by atoms with Crippen molar-refractivity contribution < 1.29 is 14.4 Å². The first-order valence-corrected chi connectivity index (χ1v) is 14.5. The molecule has 0 aromatic heterocycles. The number of rotatable bonds is 8. The van der Waals surface area contributed by atoms with Crippen LogP contribution >= 0.6 is 0 Å². The summed E-state index contributed by atoms with van der Waals surface area (Å²) >= 11 is 0. The number of nitrogens with zero attached hydrogens (tertiary/aromatic N) is 4. The van der Waals surface area contributed by atoms with Crippen molar-refractivity contribution in [1.82, 2.24) is 25.1 Å². The maximum atomic E-state index is 13.8. The summed E-state index contributed by atoms with van der Waals surface area (Å²) in [6.45, 7) is 11.3. The van der Waals surface area contributed by atoms with Crippen LogP contribution in [-0.4, -0.2) is 103 Å². The molecule has 1 aromatic rings. The van der Waals surface area contributed by atoms with Crippen LogP contribution in [0.15, 0.2) is 18.2 Å². The third-order valence-corrected chi connectivity index (χ3v) is 8.42. The lowest BCUT2D eigenvalue weighted by Gasteiger charge is -2.42. The minimum absolute atomic E-state index is 0.00348. The van der Waals surface area contributed by atoms with E-state index in [2.05, 4.69) is 54.2 Å². The van der Waals surface area contributed by atoms with Gasteiger partial charge in [0.25, 0.3) is 0 Å². The average Bonchev–Trinajstić information content (AvgIpc) is 2.93. The van der Waals surface area contributed by atoms with Gasteiger partial charge in [-0.25, -0.2) is 4.79 Å². The van der Waals surface area contributed by atoms with Crippen molar-refractivity contribution in [3.8, 4) is 0 Å². The highest BCUT2D eigenvalue weighted by atomic mass is 16.7. The van der Waals surface area contributed by atoms with Crippen LogP contribution in [0.1, 0.15) is 62.6 Å². The summed E-state index contributed by atoms with van der Waals surface area (Å²) in [4.78, 5) is 39.1. The number of aryl methyl sites for hydroxylation is 2. The maximum absolute atomic E-state index is 13.8. The van der Waals surface area contributed by atoms with Crippen LogP contribution in [0.25, 0.3) is 0 Å². The molecule has 1 aromatic carbocycles. The number of carbonyl (C=O) groups excluding carboxylic acids is 2. The van der Waals surface area contributed by atoms with Gasteiger partial charge in [0.05, 0.1) is 0 Å². The molecule has 0 aliphatic carbocycles. The van der Waals surface area contributed by atoms with Crippen molar-refractivity contribution in [2.75, 3.05) is 59.4 Å². The molecule has 1 N–H and O–H groups in total. The first-order valence-electron chi connectivity index (χ1n) is 14.5. The van der Waals surface area contributed by atoms with Crippen LogP contribution < -0.4 is 5.32 Å². The smallest absolute Gasteiger partial charge is 0.351 e. The SMILES string of the molecule is CCc1ccc(C[C@@H](NC(=O)ON2CCCCC2)C(=O)N2CCN(C3CCN(C)CC3)CC2)cc1CC. The number of carbonyl (C=O) groups is 2. The number of hydrogen-bond donors (Lipinski definition) is 1. The molecule has 0 bridgehead atoms. The quantitative estimate of drug-likeness (QED) is 0.576. The Morgan fingerprint density at radius 3 is 2.24 bits per heavy atom. The molecular formula is C29H47N5O3. The molecule has 2 amide bonds. The van der Waals surface area contributed by atoms with Crippen molar-refractivity contribution in [2.24, 2.45) is 0 Å². The summed E-state index contributed by atoms with van der Waals surface area (Å²) in [6.07, 6.45) is 7.52. The summed E-state index contributed by atoms with van der Waals surface area (Å²) in [6, 6.07) is 6.46. The maximum Gasteiger partial charge on any atom is 0.426 e. The molecule has 3 saturated heterocycles. The molecule has 0 saturated carbocycles. The van der Waals surface area contributed by atoms with Crippen molar-refractivity contribution in [2.45, 2.75) is 77.3 Å². The topological polar surface area (TPSA) is 68.4 Å². The van der Waals surface area contributed by atoms with Crippen LogP contribution in [0.2, 0.25) is 0 Å². The second-order valence-electron chi connectivity index (χ2n) is 11.0. The molecule has 4 rings (SSSR count). The molecule has 37 heavy (non-hydrogen) atoms. The number of piperazine rings is 1. The third-order valence-electron chi connectivity index (χ3n) is 8.42. The highest BCUT2D eigenvalue weighted by Crippen LogP contribution is 2.20. The van der Waals surface area contributed by atoms with Gasteiger partial charge in [-0.3, -0.25) is 9.69 Å². The standard InChI is InChI=1S/C29H47N5O3/c1-4-24-10-9-23(21-25(24)5-2)22-27(30-29(36)37-34-13-7-6-8-14-34)28(35)33-19-17-32(18-20-33)26-11-15-31(3)16-12-26/h9-10,21,26-27H,4-8,11-20,22H2,1-3H3,(H,30,36)/t27-/m1/s1. The van der Waals surface area contributed by atoms with Crippen LogP contribution in [0.4, 0.5) is 4.79 Å². The van der Waals surface area contributed by atoms with Gasteiger partial charge < -0.3 is 20.0 Å². The van der Waals surface area contributed by atoms with Gasteiger partial charge in [-0.15, -0.1) is 5.06 Å². The largest absolute Gasteiger partial charge is 0.426 e. The number of likely N-dealkylation sites (tertiary alicyclic amines) is 1. The number of hydroxylamine groups is 2. The van der Waals surface area contributed by atoms with Gasteiger partial charge in [0.1, 0.15) is 6.04 Å². The molecule has 206 valence electrons. The highest BCUT2D eigenvalue weighted by molar-refractivity contribution is 5.86. The molecular weight excluding hydrogens is 466 g/mol. The molecule has 3 aliphatic heterocycles. The summed E-state index contributed by atoms with van der Waals surface area (Å²) < 4.78 is 0. The van der Waals surface area contributed by atoms with Gasteiger partial charge in [0, 0.05) is 51.7 Å². The van der Waals surface area contributed by atoms with Gasteiger partial charge in [-0.05, 0) is 75.4 Å². The Hall–Kier alpha value is -2.16. The Morgan fingerprint density at radius 2 is 1.59 bits per heavy atom. The summed E-state index contributed by atoms with van der Waals surface area (Å²) in [5, 5.41) is 4.67. The van der Waals surface area contributed by atoms with E-state index in [1.807, 2.05) is 4.90 Å². The van der Waals surface area contributed by atoms with E-state index in [0.717, 1.165) is 70.5 Å². The fourth-order valence-corrected chi connectivity index (χ4v) is 6.05. The second-order valence-corrected chi connectivity index (χ2v) is 11.0. The monoisotopic (exact) mass is 513 g/mol. The van der Waals surface area contributed by atoms with Gasteiger partial charge in [0.2, 0.25) is 5.91 Å². The fourth-order valence-electron chi connectivity index (χ4n) is 6.05. The van der Waals surface area contributed by atoms with Gasteiger partial charge in [-0.1, -0.05) is 38.5 Å². The summed E-state index contributed by atoms with van der Waals surface area (Å²) in [5.74, 6) is -0.00348. The first-order chi connectivity index (χ1) is 18.0. The Labute approximate surface area is 223 Å². The molecule has 0 radical (unpaired) electrons. The summed E-state index contributed by atoms with van der Waals surface area (Å²) in [7, 11) is 2.19. The first kappa shape index (κ1) is 27.9. The molecule has 3 heterocycles. The Bertz CT molecular complexity index is 888. The Morgan fingerprint density at radius 1 is 0.919 bits per heavy atom. The van der Waals surface area contributed by atoms with E-state index in [1.54, 1.807) is 5.06 Å². The summed E-state index contributed by atoms with van der Waals surface area (Å²) in [5.41, 5.74) is 3.74. The second kappa shape index (κ2) is 13.6. The molecule has 0 unspecified atom stereocenters. The Balaban J connectivity index is 1.41. The lowest BCUT2D eigenvalue weighted by molar-refractivity contribution is -0.137. The van der Waals surface area contributed by atoms with Crippen molar-refractivity contribution in [3.63, 3.8) is 0 Å². The predicted octanol–water partition coefficient (Wildman–Crippen LogP) is 3.09. The fraction of sp³-hybridized carbons (Fsp3) is 0.724. The van der Waals surface area contributed by atoms with E-state index in [1.165, 1.54) is 30.4 Å². The molecule has 0 spiro atoms. The number of hydrogen-bond acceptors (Lipinski definition) is 6. The van der Waals surface area contributed by atoms with Gasteiger partial charge >= 0.3 is 6.09 Å². The zero-order valence-electron chi connectivity index (χ0n) is 23.2. The van der Waals surface area contributed by atoms with E-state index in [4.69, 9.17) is 4.84 Å². The zero-order chi connectivity index (χ0) is 26.2. The van der Waals surface area contributed by atoms with E-state index in [0.29, 0.717) is 25.6 Å². The van der Waals surface area contributed by atoms with Gasteiger partial charge in [-0.2, -0.15) is 0 Å². The Kier molecular flexibility index (Phi) is 10.2. The van der Waals surface area contributed by atoms with Crippen LogP contribution in [-0.2, 0) is 28.9 Å². The molecule has 8 nitrogen and oxygen atoms in total. The minimum Gasteiger partial charge on any atom is -0.351 e. The number of piperidine rings is 2. The minimum atomic E-state index is -0.635. The van der Waals surface area contributed by atoms with Crippen LogP contribution in [0.5, 0.6) is 0 Å². The van der Waals surface area contributed by atoms with Crippen molar-refractivity contribution in [1.29, 1.82) is 0 Å². The van der Waals surface area contributed by atoms with Gasteiger partial charge in [0.15, 0.2) is 0 Å². The van der Waals surface area contributed by atoms with E-state index < -0.39 is 12.1 Å².